The van der Waals surface area contributed by atoms with Crippen molar-refractivity contribution >= 4 is 5.97 Å². The van der Waals surface area contributed by atoms with Gasteiger partial charge in [-0.1, -0.05) is 25.2 Å². The van der Waals surface area contributed by atoms with Crippen LogP contribution in [0.3, 0.4) is 0 Å². The van der Waals surface area contributed by atoms with E-state index in [-0.39, 0.29) is 12.0 Å². The molecule has 1 unspecified atom stereocenters. The number of carbonyl (C=O) groups excluding carboxylic acids is 1. The second-order valence-electron chi connectivity index (χ2n) is 6.01. The highest BCUT2D eigenvalue weighted by molar-refractivity contribution is 5.82. The van der Waals surface area contributed by atoms with Crippen molar-refractivity contribution in [2.45, 2.75) is 58.3 Å². The van der Waals surface area contributed by atoms with Gasteiger partial charge in [-0.15, -0.1) is 0 Å². The lowest BCUT2D eigenvalue weighted by Crippen LogP contribution is -2.23. The highest BCUT2D eigenvalue weighted by Gasteiger charge is 2.18. The van der Waals surface area contributed by atoms with Crippen LogP contribution in [0.4, 0.5) is 0 Å². The van der Waals surface area contributed by atoms with E-state index in [2.05, 4.69) is 0 Å². The fourth-order valence-corrected chi connectivity index (χ4v) is 2.00. The Morgan fingerprint density at radius 3 is 2.67 bits per heavy atom. The van der Waals surface area contributed by atoms with Gasteiger partial charge in [0.1, 0.15) is 6.10 Å². The predicted octanol–water partition coefficient (Wildman–Crippen LogP) is 2.52. The van der Waals surface area contributed by atoms with Gasteiger partial charge in [0.05, 0.1) is 11.7 Å². The van der Waals surface area contributed by atoms with Crippen LogP contribution in [0.2, 0.25) is 0 Å². The van der Waals surface area contributed by atoms with Crippen LogP contribution in [0.15, 0.2) is 36.0 Å². The van der Waals surface area contributed by atoms with Gasteiger partial charge in [0.2, 0.25) is 0 Å². The Morgan fingerprint density at radius 1 is 1.33 bits per heavy atom. The van der Waals surface area contributed by atoms with Crippen molar-refractivity contribution in [2.75, 3.05) is 0 Å². The Hall–Kier alpha value is -1.39. The Labute approximate surface area is 126 Å². The van der Waals surface area contributed by atoms with Gasteiger partial charge in [-0.05, 0) is 51.2 Å². The first-order valence-corrected chi connectivity index (χ1v) is 7.37. The minimum atomic E-state index is -1.31. The largest absolute Gasteiger partial charge is 0.459 e. The third-order valence-electron chi connectivity index (χ3n) is 3.83. The van der Waals surface area contributed by atoms with Crippen LogP contribution in [0, 0.1) is 5.92 Å². The summed E-state index contributed by atoms with van der Waals surface area (Å²) in [6.07, 6.45) is 8.34. The number of aliphatic hydroxyl groups is 2. The van der Waals surface area contributed by atoms with E-state index in [1.54, 1.807) is 0 Å². The quantitative estimate of drug-likeness (QED) is 0.532. The van der Waals surface area contributed by atoms with E-state index >= 15 is 0 Å². The summed E-state index contributed by atoms with van der Waals surface area (Å²) in [6, 6.07) is 0. The van der Waals surface area contributed by atoms with Crippen LogP contribution in [-0.4, -0.2) is 34.0 Å². The molecule has 0 radical (unpaired) electrons. The summed E-state index contributed by atoms with van der Waals surface area (Å²) in [7, 11) is 0. The van der Waals surface area contributed by atoms with Crippen LogP contribution < -0.4 is 0 Å². The van der Waals surface area contributed by atoms with Gasteiger partial charge < -0.3 is 14.9 Å². The minimum Gasteiger partial charge on any atom is -0.459 e. The van der Waals surface area contributed by atoms with Crippen LogP contribution in [0.25, 0.3) is 0 Å². The molecule has 1 aliphatic heterocycles. The molecular weight excluding hydrogens is 268 g/mol. The van der Waals surface area contributed by atoms with E-state index in [0.717, 1.165) is 18.4 Å². The van der Waals surface area contributed by atoms with Crippen molar-refractivity contribution in [1.29, 1.82) is 0 Å². The van der Waals surface area contributed by atoms with E-state index in [0.29, 0.717) is 0 Å². The normalized spacial score (nSPS) is 41.3. The Bertz CT molecular complexity index is 446. The van der Waals surface area contributed by atoms with Gasteiger partial charge in [0.25, 0.3) is 0 Å². The molecular formula is C17H26O4. The zero-order valence-electron chi connectivity index (χ0n) is 13.2. The summed E-state index contributed by atoms with van der Waals surface area (Å²) in [5.74, 6) is -0.241. The lowest BCUT2D eigenvalue weighted by molar-refractivity contribution is -0.144. The molecule has 2 N–H and O–H groups in total. The van der Waals surface area contributed by atoms with Crippen molar-refractivity contribution in [3.8, 4) is 0 Å². The highest BCUT2D eigenvalue weighted by Crippen LogP contribution is 2.18. The Balaban J connectivity index is 2.99. The number of hydrogen-bond donors (Lipinski definition) is 2. The minimum absolute atomic E-state index is 0.191. The number of aliphatic hydroxyl groups excluding tert-OH is 1. The van der Waals surface area contributed by atoms with Crippen molar-refractivity contribution in [3.05, 3.63) is 36.0 Å². The molecule has 0 amide bonds. The van der Waals surface area contributed by atoms with E-state index in [4.69, 9.17) is 4.74 Å². The zero-order valence-corrected chi connectivity index (χ0v) is 13.2. The second kappa shape index (κ2) is 7.57. The van der Waals surface area contributed by atoms with Crippen molar-refractivity contribution in [3.63, 3.8) is 0 Å². The first-order chi connectivity index (χ1) is 9.71. The average molecular weight is 294 g/mol. The predicted molar refractivity (Wildman–Crippen MR) is 82.6 cm³/mol. The maximum atomic E-state index is 11.7. The van der Waals surface area contributed by atoms with Gasteiger partial charge in [0, 0.05) is 6.08 Å². The first kappa shape index (κ1) is 17.7. The third kappa shape index (κ3) is 6.27. The molecule has 0 aliphatic carbocycles. The number of esters is 1. The molecule has 0 saturated carbocycles. The molecule has 4 heteroatoms. The summed E-state index contributed by atoms with van der Waals surface area (Å²) in [4.78, 5) is 11.7. The topological polar surface area (TPSA) is 66.8 Å². The summed E-state index contributed by atoms with van der Waals surface area (Å²) in [5, 5.41) is 20.1. The highest BCUT2D eigenvalue weighted by atomic mass is 16.5. The van der Waals surface area contributed by atoms with Crippen LogP contribution in [0.1, 0.15) is 40.5 Å². The Kier molecular flexibility index (Phi) is 6.37. The smallest absolute Gasteiger partial charge is 0.330 e. The summed E-state index contributed by atoms with van der Waals surface area (Å²) in [5.41, 5.74) is -0.459. The van der Waals surface area contributed by atoms with Crippen LogP contribution in [0.5, 0.6) is 0 Å². The number of hydrogen-bond acceptors (Lipinski definition) is 4. The molecule has 4 nitrogen and oxygen atoms in total. The van der Waals surface area contributed by atoms with Crippen molar-refractivity contribution in [2.24, 2.45) is 5.92 Å². The number of rotatable bonds is 0. The summed E-state index contributed by atoms with van der Waals surface area (Å²) < 4.78 is 5.32. The van der Waals surface area contributed by atoms with Crippen molar-refractivity contribution in [1.82, 2.24) is 0 Å². The van der Waals surface area contributed by atoms with Gasteiger partial charge in [-0.3, -0.25) is 0 Å². The maximum absolute atomic E-state index is 11.7. The third-order valence-corrected chi connectivity index (χ3v) is 3.83. The van der Waals surface area contributed by atoms with E-state index in [1.807, 2.05) is 26.8 Å². The molecule has 0 spiro atoms. The number of allylic oxidation sites excluding steroid dienone is 1. The van der Waals surface area contributed by atoms with E-state index in [1.165, 1.54) is 31.2 Å². The molecule has 4 atom stereocenters. The molecule has 0 saturated heterocycles. The molecule has 0 bridgehead atoms. The maximum Gasteiger partial charge on any atom is 0.330 e. The standard InChI is InChI=1S/C17H26O4/c1-12-6-5-7-13(2)15(18)8-10-17(4,20)11-9-16(19)21-14(12)3/h7-12,14-15,18,20H,5-6H2,1-4H3/b10-8+,11-9+,13-7+/t12?,14-,15+,17-/m1/s1. The molecule has 1 aliphatic rings. The van der Waals surface area contributed by atoms with Crippen LogP contribution >= 0.6 is 0 Å². The molecule has 118 valence electrons. The first-order valence-electron chi connectivity index (χ1n) is 7.37. The zero-order chi connectivity index (χ0) is 16.0. The van der Waals surface area contributed by atoms with E-state index in [9.17, 15) is 15.0 Å². The van der Waals surface area contributed by atoms with Gasteiger partial charge >= 0.3 is 5.97 Å². The second-order valence-corrected chi connectivity index (χ2v) is 6.01. The molecule has 0 fully saturated rings. The lowest BCUT2D eigenvalue weighted by atomic mass is 9.97. The fraction of sp³-hybridized carbons (Fsp3) is 0.588. The summed E-state index contributed by atoms with van der Waals surface area (Å²) >= 11 is 0. The SMILES string of the molecule is C/C1=C\CCC(C)[C@@H](C)OC(=O)/C=C/[C@](C)(O)/C=C/[C@@H]1O. The lowest BCUT2D eigenvalue weighted by Gasteiger charge is -2.20. The Morgan fingerprint density at radius 2 is 2.00 bits per heavy atom. The molecule has 0 aromatic rings. The monoisotopic (exact) mass is 294 g/mol. The van der Waals surface area contributed by atoms with E-state index < -0.39 is 17.7 Å². The number of ether oxygens (including phenoxy) is 1. The molecule has 1 heterocycles. The van der Waals surface area contributed by atoms with Crippen molar-refractivity contribution < 1.29 is 19.7 Å². The van der Waals surface area contributed by atoms with Crippen LogP contribution in [-0.2, 0) is 9.53 Å². The molecule has 1 rings (SSSR count). The van der Waals surface area contributed by atoms with Gasteiger partial charge in [0.15, 0.2) is 0 Å². The summed E-state index contributed by atoms with van der Waals surface area (Å²) in [6.45, 7) is 7.30. The molecule has 0 aromatic carbocycles. The number of cyclic esters (lactones) is 1. The van der Waals surface area contributed by atoms with Gasteiger partial charge in [-0.2, -0.15) is 0 Å². The molecule has 21 heavy (non-hydrogen) atoms. The van der Waals surface area contributed by atoms with Gasteiger partial charge in [-0.25, -0.2) is 4.79 Å². The fourth-order valence-electron chi connectivity index (χ4n) is 2.00. The molecule has 0 aromatic heterocycles. The average Bonchev–Trinajstić information content (AvgIpc) is 2.41. The number of carbonyl (C=O) groups is 1.